The normalized spacial score (nSPS) is 16.1. The van der Waals surface area contributed by atoms with Gasteiger partial charge in [-0.3, -0.25) is 9.89 Å². The second-order valence-corrected chi connectivity index (χ2v) is 7.34. The molecule has 1 aromatic heterocycles. The van der Waals surface area contributed by atoms with Gasteiger partial charge in [0.25, 0.3) is 5.91 Å². The maximum atomic E-state index is 13.8. The standard InChI is InChI=1S/C21H20ClFN4O2/c1-29-19-7-4-14(10-17(19)23)21(28)24-16-8-9-27(12-16)20-11-18(25-26-20)13-2-5-15(22)6-3-13/h2-7,10-11,16H,8-9,12H2,1H3,(H,24,28)(H,25,26). The first kappa shape index (κ1) is 19.3. The average Bonchev–Trinajstić information content (AvgIpc) is 3.38. The number of methoxy groups -OCH3 is 1. The van der Waals surface area contributed by atoms with Crippen LogP contribution in [0.3, 0.4) is 0 Å². The van der Waals surface area contributed by atoms with Gasteiger partial charge in [-0.25, -0.2) is 4.39 Å². The van der Waals surface area contributed by atoms with Crippen LogP contribution in [0.4, 0.5) is 10.2 Å². The summed E-state index contributed by atoms with van der Waals surface area (Å²) >= 11 is 5.94. The first-order chi connectivity index (χ1) is 14.0. The summed E-state index contributed by atoms with van der Waals surface area (Å²) in [6, 6.07) is 13.7. The van der Waals surface area contributed by atoms with Crippen LogP contribution in [-0.2, 0) is 0 Å². The first-order valence-corrected chi connectivity index (χ1v) is 9.62. The summed E-state index contributed by atoms with van der Waals surface area (Å²) in [5.41, 5.74) is 2.17. The average molecular weight is 415 g/mol. The Balaban J connectivity index is 1.38. The van der Waals surface area contributed by atoms with Crippen molar-refractivity contribution < 1.29 is 13.9 Å². The summed E-state index contributed by atoms with van der Waals surface area (Å²) < 4.78 is 18.7. The van der Waals surface area contributed by atoms with Gasteiger partial charge in [0.2, 0.25) is 0 Å². The van der Waals surface area contributed by atoms with E-state index in [-0.39, 0.29) is 23.3 Å². The van der Waals surface area contributed by atoms with Gasteiger partial charge in [0.1, 0.15) is 0 Å². The van der Waals surface area contributed by atoms with Crippen LogP contribution in [0.1, 0.15) is 16.8 Å². The van der Waals surface area contributed by atoms with Crippen molar-refractivity contribution in [3.05, 3.63) is 64.9 Å². The quantitative estimate of drug-likeness (QED) is 0.664. The minimum Gasteiger partial charge on any atom is -0.494 e. The van der Waals surface area contributed by atoms with E-state index in [4.69, 9.17) is 16.3 Å². The van der Waals surface area contributed by atoms with Crippen LogP contribution in [0, 0.1) is 5.82 Å². The van der Waals surface area contributed by atoms with E-state index in [9.17, 15) is 9.18 Å². The van der Waals surface area contributed by atoms with E-state index in [1.165, 1.54) is 19.2 Å². The lowest BCUT2D eigenvalue weighted by Gasteiger charge is -2.16. The van der Waals surface area contributed by atoms with Gasteiger partial charge in [-0.15, -0.1) is 0 Å². The van der Waals surface area contributed by atoms with E-state index in [2.05, 4.69) is 20.4 Å². The van der Waals surface area contributed by atoms with Gasteiger partial charge in [0, 0.05) is 35.8 Å². The van der Waals surface area contributed by atoms with Gasteiger partial charge in [-0.2, -0.15) is 5.10 Å². The van der Waals surface area contributed by atoms with Gasteiger partial charge in [0.15, 0.2) is 17.4 Å². The number of aromatic amines is 1. The van der Waals surface area contributed by atoms with E-state index in [1.54, 1.807) is 6.07 Å². The number of H-pyrrole nitrogens is 1. The fraction of sp³-hybridized carbons (Fsp3) is 0.238. The second-order valence-electron chi connectivity index (χ2n) is 6.90. The molecule has 8 heteroatoms. The van der Waals surface area contributed by atoms with Crippen molar-refractivity contribution in [3.8, 4) is 17.0 Å². The Morgan fingerprint density at radius 2 is 2.07 bits per heavy atom. The fourth-order valence-electron chi connectivity index (χ4n) is 3.41. The minimum absolute atomic E-state index is 0.0386. The molecule has 1 atom stereocenters. The predicted molar refractivity (Wildman–Crippen MR) is 110 cm³/mol. The molecule has 4 rings (SSSR count). The highest BCUT2D eigenvalue weighted by Crippen LogP contribution is 2.25. The van der Waals surface area contributed by atoms with Gasteiger partial charge in [-0.05, 0) is 42.3 Å². The van der Waals surface area contributed by atoms with Crippen LogP contribution >= 0.6 is 11.6 Å². The van der Waals surface area contributed by atoms with Crippen LogP contribution in [0.2, 0.25) is 5.02 Å². The number of carbonyl (C=O) groups is 1. The Bertz CT molecular complexity index is 1020. The topological polar surface area (TPSA) is 70.2 Å². The number of carbonyl (C=O) groups excluding carboxylic acids is 1. The third kappa shape index (κ3) is 4.19. The van der Waals surface area contributed by atoms with Gasteiger partial charge in [0.05, 0.1) is 12.8 Å². The molecular weight excluding hydrogens is 395 g/mol. The lowest BCUT2D eigenvalue weighted by molar-refractivity contribution is 0.0940. The molecule has 1 fully saturated rings. The smallest absolute Gasteiger partial charge is 0.251 e. The Kier molecular flexibility index (Phi) is 5.40. The number of hydrogen-bond donors (Lipinski definition) is 2. The second kappa shape index (κ2) is 8.13. The first-order valence-electron chi connectivity index (χ1n) is 9.24. The monoisotopic (exact) mass is 414 g/mol. The molecule has 0 saturated carbocycles. The zero-order valence-electron chi connectivity index (χ0n) is 15.8. The van der Waals surface area contributed by atoms with Crippen LogP contribution < -0.4 is 15.0 Å². The van der Waals surface area contributed by atoms with E-state index in [1.807, 2.05) is 30.3 Å². The number of ether oxygens (including phenoxy) is 1. The molecule has 6 nitrogen and oxygen atoms in total. The zero-order chi connectivity index (χ0) is 20.4. The molecular formula is C21H20ClFN4O2. The number of aromatic nitrogens is 2. The molecule has 1 saturated heterocycles. The summed E-state index contributed by atoms with van der Waals surface area (Å²) in [6.45, 7) is 1.40. The zero-order valence-corrected chi connectivity index (χ0v) is 16.5. The molecule has 0 spiro atoms. The molecule has 1 aliphatic heterocycles. The van der Waals surface area contributed by atoms with Crippen molar-refractivity contribution >= 4 is 23.3 Å². The number of benzene rings is 2. The number of halogens is 2. The lowest BCUT2D eigenvalue weighted by atomic mass is 10.1. The highest BCUT2D eigenvalue weighted by Gasteiger charge is 2.26. The van der Waals surface area contributed by atoms with E-state index >= 15 is 0 Å². The summed E-state index contributed by atoms with van der Waals surface area (Å²) in [5, 5.41) is 11.1. The van der Waals surface area contributed by atoms with Gasteiger partial charge < -0.3 is 15.0 Å². The molecule has 3 aromatic rings. The molecule has 29 heavy (non-hydrogen) atoms. The summed E-state index contributed by atoms with van der Waals surface area (Å²) in [6.07, 6.45) is 0.785. The van der Waals surface area contributed by atoms with Crippen molar-refractivity contribution in [2.75, 3.05) is 25.1 Å². The minimum atomic E-state index is -0.556. The Morgan fingerprint density at radius 3 is 2.79 bits per heavy atom. The Labute approximate surface area is 172 Å². The van der Waals surface area contributed by atoms with Crippen molar-refractivity contribution in [2.24, 2.45) is 0 Å². The van der Waals surface area contributed by atoms with Crippen LogP contribution in [0.15, 0.2) is 48.5 Å². The fourth-order valence-corrected chi connectivity index (χ4v) is 3.54. The maximum absolute atomic E-state index is 13.8. The number of rotatable bonds is 5. The Hall–Kier alpha value is -3.06. The molecule has 0 aliphatic carbocycles. The van der Waals surface area contributed by atoms with Crippen LogP contribution in [-0.4, -0.2) is 42.3 Å². The van der Waals surface area contributed by atoms with Gasteiger partial charge >= 0.3 is 0 Å². The summed E-state index contributed by atoms with van der Waals surface area (Å²) in [5.74, 6) is 0.0764. The molecule has 0 bridgehead atoms. The van der Waals surface area contributed by atoms with E-state index in [0.717, 1.165) is 30.0 Å². The van der Waals surface area contributed by atoms with E-state index in [0.29, 0.717) is 11.6 Å². The lowest BCUT2D eigenvalue weighted by Crippen LogP contribution is -2.37. The molecule has 2 heterocycles. The van der Waals surface area contributed by atoms with Gasteiger partial charge in [-0.1, -0.05) is 23.7 Å². The third-order valence-corrected chi connectivity index (χ3v) is 5.23. The van der Waals surface area contributed by atoms with Crippen molar-refractivity contribution in [2.45, 2.75) is 12.5 Å². The van der Waals surface area contributed by atoms with Crippen LogP contribution in [0.25, 0.3) is 11.3 Å². The Morgan fingerprint density at radius 1 is 1.28 bits per heavy atom. The highest BCUT2D eigenvalue weighted by atomic mass is 35.5. The highest BCUT2D eigenvalue weighted by molar-refractivity contribution is 6.30. The van der Waals surface area contributed by atoms with Crippen molar-refractivity contribution in [3.63, 3.8) is 0 Å². The predicted octanol–water partition coefficient (Wildman–Crippen LogP) is 3.89. The summed E-state index contributed by atoms with van der Waals surface area (Å²) in [4.78, 5) is 14.5. The summed E-state index contributed by atoms with van der Waals surface area (Å²) in [7, 11) is 1.39. The maximum Gasteiger partial charge on any atom is 0.251 e. The van der Waals surface area contributed by atoms with E-state index < -0.39 is 5.82 Å². The van der Waals surface area contributed by atoms with Crippen LogP contribution in [0.5, 0.6) is 5.75 Å². The number of amides is 1. The van der Waals surface area contributed by atoms with Crippen molar-refractivity contribution in [1.29, 1.82) is 0 Å². The SMILES string of the molecule is COc1ccc(C(=O)NC2CCN(c3cc(-c4ccc(Cl)cc4)[nH]n3)C2)cc1F. The number of nitrogens with zero attached hydrogens (tertiary/aromatic N) is 2. The molecule has 1 aliphatic rings. The molecule has 150 valence electrons. The number of nitrogens with one attached hydrogen (secondary N) is 2. The molecule has 2 aromatic carbocycles. The number of anilines is 1. The molecule has 1 amide bonds. The largest absolute Gasteiger partial charge is 0.494 e. The third-order valence-electron chi connectivity index (χ3n) is 4.98. The molecule has 0 radical (unpaired) electrons. The molecule has 1 unspecified atom stereocenters. The molecule has 2 N–H and O–H groups in total. The van der Waals surface area contributed by atoms with Crippen molar-refractivity contribution in [1.82, 2.24) is 15.5 Å². The number of hydrogen-bond acceptors (Lipinski definition) is 4.